The van der Waals surface area contributed by atoms with Gasteiger partial charge in [-0.2, -0.15) is 0 Å². The van der Waals surface area contributed by atoms with E-state index in [1.54, 1.807) is 11.3 Å². The Hall–Kier alpha value is -1.84. The number of rotatable bonds is 3. The number of aromatic nitrogens is 1. The van der Waals surface area contributed by atoms with Crippen LogP contribution in [-0.2, 0) is 13.0 Å². The molecule has 0 unspecified atom stereocenters. The molecule has 0 saturated heterocycles. The maximum absolute atomic E-state index is 6.28. The number of thiazole rings is 1. The van der Waals surface area contributed by atoms with E-state index in [2.05, 4.69) is 34.5 Å². The molecule has 0 fully saturated rings. The lowest BCUT2D eigenvalue weighted by Crippen LogP contribution is -2.28. The maximum atomic E-state index is 6.28. The van der Waals surface area contributed by atoms with Crippen molar-refractivity contribution in [3.63, 3.8) is 0 Å². The van der Waals surface area contributed by atoms with Gasteiger partial charge in [0, 0.05) is 23.2 Å². The number of para-hydroxylation sites is 1. The van der Waals surface area contributed by atoms with E-state index in [-0.39, 0.29) is 0 Å². The van der Waals surface area contributed by atoms with Gasteiger partial charge in [-0.05, 0) is 30.5 Å². The minimum Gasteiger partial charge on any atom is -0.365 e. The summed E-state index contributed by atoms with van der Waals surface area (Å²) in [6.07, 6.45) is 2.38. The third kappa shape index (κ3) is 2.99. The second-order valence-corrected chi connectivity index (χ2v) is 7.04. The van der Waals surface area contributed by atoms with E-state index < -0.39 is 0 Å². The van der Waals surface area contributed by atoms with E-state index in [4.69, 9.17) is 16.6 Å². The van der Waals surface area contributed by atoms with Crippen LogP contribution in [0.5, 0.6) is 0 Å². The van der Waals surface area contributed by atoms with E-state index in [0.717, 1.165) is 34.4 Å². The van der Waals surface area contributed by atoms with Gasteiger partial charge in [-0.1, -0.05) is 48.0 Å². The molecule has 4 rings (SSSR count). The minimum atomic E-state index is 0.761. The normalized spacial score (nSPS) is 13.9. The van der Waals surface area contributed by atoms with Crippen molar-refractivity contribution in [3.8, 4) is 10.6 Å². The zero-order valence-corrected chi connectivity index (χ0v) is 14.3. The number of halogens is 1. The molecule has 0 atom stereocenters. The van der Waals surface area contributed by atoms with Crippen molar-refractivity contribution >= 4 is 28.6 Å². The number of nitrogens with zero attached hydrogens (tertiary/aromatic N) is 2. The Bertz CT molecular complexity index is 827. The van der Waals surface area contributed by atoms with Crippen LogP contribution < -0.4 is 4.90 Å². The van der Waals surface area contributed by atoms with E-state index in [0.29, 0.717) is 0 Å². The van der Waals surface area contributed by atoms with Crippen LogP contribution in [0.4, 0.5) is 5.69 Å². The monoisotopic (exact) mass is 340 g/mol. The predicted molar refractivity (Wildman–Crippen MR) is 98.4 cm³/mol. The lowest BCUT2D eigenvalue weighted by Gasteiger charge is -2.30. The van der Waals surface area contributed by atoms with E-state index >= 15 is 0 Å². The van der Waals surface area contributed by atoms with Crippen LogP contribution in [0.1, 0.15) is 17.7 Å². The maximum Gasteiger partial charge on any atom is 0.125 e. The molecule has 1 aliphatic rings. The number of hydrogen-bond acceptors (Lipinski definition) is 3. The summed E-state index contributed by atoms with van der Waals surface area (Å²) >= 11 is 7.95. The van der Waals surface area contributed by atoms with Crippen molar-refractivity contribution in [3.05, 3.63) is 70.2 Å². The van der Waals surface area contributed by atoms with Crippen molar-refractivity contribution < 1.29 is 0 Å². The molecule has 0 bridgehead atoms. The van der Waals surface area contributed by atoms with Crippen LogP contribution in [0.15, 0.2) is 53.9 Å². The number of benzene rings is 2. The fourth-order valence-electron chi connectivity index (χ4n) is 3.11. The second kappa shape index (κ2) is 6.34. The van der Waals surface area contributed by atoms with Gasteiger partial charge in [0.2, 0.25) is 0 Å². The van der Waals surface area contributed by atoms with Crippen LogP contribution in [0.25, 0.3) is 10.6 Å². The van der Waals surface area contributed by atoms with Crippen molar-refractivity contribution in [2.45, 2.75) is 19.4 Å². The summed E-state index contributed by atoms with van der Waals surface area (Å²) in [5.74, 6) is 0. The topological polar surface area (TPSA) is 16.1 Å². The summed E-state index contributed by atoms with van der Waals surface area (Å²) < 4.78 is 0. The first kappa shape index (κ1) is 14.7. The van der Waals surface area contributed by atoms with E-state index in [1.165, 1.54) is 24.1 Å². The molecule has 0 N–H and O–H groups in total. The molecule has 2 nitrogen and oxygen atoms in total. The molecule has 0 spiro atoms. The molecule has 1 aromatic heterocycles. The molecule has 0 amide bonds. The zero-order valence-electron chi connectivity index (χ0n) is 12.7. The first-order chi connectivity index (χ1) is 11.3. The van der Waals surface area contributed by atoms with Gasteiger partial charge in [0.1, 0.15) is 5.01 Å². The first-order valence-corrected chi connectivity index (χ1v) is 9.09. The highest BCUT2D eigenvalue weighted by Crippen LogP contribution is 2.32. The Kier molecular flexibility index (Phi) is 4.06. The summed E-state index contributed by atoms with van der Waals surface area (Å²) in [6.45, 7) is 1.95. The SMILES string of the molecule is Clc1ccccc1-c1nc(CN2CCCc3ccccc32)cs1. The standard InChI is InChI=1S/C19H17ClN2S/c20-17-9-3-2-8-16(17)19-21-15(13-23-19)12-22-11-5-7-14-6-1-4-10-18(14)22/h1-4,6,8-10,13H,5,7,11-12H2. The van der Waals surface area contributed by atoms with Gasteiger partial charge >= 0.3 is 0 Å². The number of aryl methyl sites for hydroxylation is 1. The second-order valence-electron chi connectivity index (χ2n) is 5.78. The van der Waals surface area contributed by atoms with Crippen LogP contribution in [-0.4, -0.2) is 11.5 Å². The van der Waals surface area contributed by atoms with Crippen molar-refractivity contribution in [1.82, 2.24) is 4.98 Å². The summed E-state index contributed by atoms with van der Waals surface area (Å²) in [6, 6.07) is 16.6. The Balaban J connectivity index is 1.59. The largest absolute Gasteiger partial charge is 0.365 e. The molecule has 2 heterocycles. The van der Waals surface area contributed by atoms with Crippen molar-refractivity contribution in [2.24, 2.45) is 0 Å². The van der Waals surface area contributed by atoms with Crippen molar-refractivity contribution in [1.29, 1.82) is 0 Å². The van der Waals surface area contributed by atoms with Gasteiger partial charge < -0.3 is 4.90 Å². The molecule has 1 aliphatic heterocycles. The predicted octanol–water partition coefficient (Wildman–Crippen LogP) is 5.42. The van der Waals surface area contributed by atoms with Gasteiger partial charge in [0.15, 0.2) is 0 Å². The molecule has 3 aromatic rings. The Labute approximate surface area is 145 Å². The quantitative estimate of drug-likeness (QED) is 0.633. The molecule has 0 radical (unpaired) electrons. The third-order valence-electron chi connectivity index (χ3n) is 4.22. The van der Waals surface area contributed by atoms with Gasteiger partial charge in [0.05, 0.1) is 17.3 Å². The van der Waals surface area contributed by atoms with Crippen molar-refractivity contribution in [2.75, 3.05) is 11.4 Å². The Morgan fingerprint density at radius 2 is 1.91 bits per heavy atom. The molecular weight excluding hydrogens is 324 g/mol. The molecule has 23 heavy (non-hydrogen) atoms. The van der Waals surface area contributed by atoms with Gasteiger partial charge in [-0.25, -0.2) is 4.98 Å². The van der Waals surface area contributed by atoms with Crippen LogP contribution in [0.2, 0.25) is 5.02 Å². The Morgan fingerprint density at radius 3 is 2.83 bits per heavy atom. The summed E-state index contributed by atoms with van der Waals surface area (Å²) in [5, 5.41) is 3.91. The minimum absolute atomic E-state index is 0.761. The first-order valence-electron chi connectivity index (χ1n) is 7.83. The lowest BCUT2D eigenvalue weighted by molar-refractivity contribution is 0.686. The third-order valence-corrected chi connectivity index (χ3v) is 5.47. The van der Waals surface area contributed by atoms with Crippen LogP contribution in [0, 0.1) is 0 Å². The van der Waals surface area contributed by atoms with E-state index in [1.807, 2.05) is 24.3 Å². The van der Waals surface area contributed by atoms with Crippen LogP contribution in [0.3, 0.4) is 0 Å². The average Bonchev–Trinajstić information content (AvgIpc) is 3.04. The highest BCUT2D eigenvalue weighted by Gasteiger charge is 2.17. The molecule has 116 valence electrons. The lowest BCUT2D eigenvalue weighted by atomic mass is 10.0. The smallest absolute Gasteiger partial charge is 0.125 e. The highest BCUT2D eigenvalue weighted by atomic mass is 35.5. The van der Waals surface area contributed by atoms with Gasteiger partial charge in [-0.3, -0.25) is 0 Å². The molecule has 2 aromatic carbocycles. The highest BCUT2D eigenvalue weighted by molar-refractivity contribution is 7.13. The number of anilines is 1. The number of hydrogen-bond donors (Lipinski definition) is 0. The Morgan fingerprint density at radius 1 is 1.09 bits per heavy atom. The molecule has 0 aliphatic carbocycles. The fourth-order valence-corrected chi connectivity index (χ4v) is 4.24. The fraction of sp³-hybridized carbons (Fsp3) is 0.211. The van der Waals surface area contributed by atoms with E-state index in [9.17, 15) is 0 Å². The summed E-state index contributed by atoms with van der Waals surface area (Å²) in [7, 11) is 0. The van der Waals surface area contributed by atoms with Gasteiger partial charge in [0.25, 0.3) is 0 Å². The zero-order chi connectivity index (χ0) is 15.6. The number of fused-ring (bicyclic) bond motifs is 1. The molecule has 4 heteroatoms. The van der Waals surface area contributed by atoms with Crippen LogP contribution >= 0.6 is 22.9 Å². The molecule has 0 saturated carbocycles. The average molecular weight is 341 g/mol. The molecular formula is C19H17ClN2S. The summed E-state index contributed by atoms with van der Waals surface area (Å²) in [4.78, 5) is 7.24. The summed E-state index contributed by atoms with van der Waals surface area (Å²) in [5.41, 5.74) is 4.93. The van der Waals surface area contributed by atoms with Gasteiger partial charge in [-0.15, -0.1) is 11.3 Å².